The Morgan fingerprint density at radius 3 is 2.71 bits per heavy atom. The molecule has 0 fully saturated rings. The van der Waals surface area contributed by atoms with Crippen molar-refractivity contribution in [2.45, 2.75) is 19.8 Å². The van der Waals surface area contributed by atoms with Crippen LogP contribution in [0.4, 0.5) is 5.82 Å². The number of benzene rings is 1. The molecule has 21 heavy (non-hydrogen) atoms. The third kappa shape index (κ3) is 2.20. The highest BCUT2D eigenvalue weighted by molar-refractivity contribution is 6.31. The Hall–Kier alpha value is -2.25. The maximum absolute atomic E-state index is 9.67. The molecule has 1 atom stereocenters. The smallest absolute Gasteiger partial charge is 0.129 e. The molecule has 1 aromatic carbocycles. The zero-order chi connectivity index (χ0) is 15.0. The minimum Gasteiger partial charge on any atom is -0.343 e. The van der Waals surface area contributed by atoms with E-state index in [9.17, 15) is 5.26 Å². The van der Waals surface area contributed by atoms with Crippen molar-refractivity contribution < 1.29 is 0 Å². The summed E-state index contributed by atoms with van der Waals surface area (Å²) in [5, 5.41) is 20.7. The van der Waals surface area contributed by atoms with Crippen LogP contribution in [0, 0.1) is 17.2 Å². The molecule has 0 saturated heterocycles. The molecule has 4 nitrogen and oxygen atoms in total. The van der Waals surface area contributed by atoms with Gasteiger partial charge >= 0.3 is 0 Å². The van der Waals surface area contributed by atoms with Crippen LogP contribution in [-0.2, 0) is 0 Å². The Morgan fingerprint density at radius 2 is 2.05 bits per heavy atom. The molecule has 0 bridgehead atoms. The summed E-state index contributed by atoms with van der Waals surface area (Å²) in [6.45, 7) is 4.12. The number of nitrogens with zero attached hydrogens (tertiary/aromatic N) is 2. The maximum Gasteiger partial charge on any atom is 0.129 e. The summed E-state index contributed by atoms with van der Waals surface area (Å²) in [6, 6.07) is 10.00. The highest BCUT2D eigenvalue weighted by Gasteiger charge is 2.32. The summed E-state index contributed by atoms with van der Waals surface area (Å²) < 4.78 is 0. The Balaban J connectivity index is 2.26. The molecule has 106 valence electrons. The molecule has 2 aromatic rings. The number of rotatable bonds is 2. The lowest BCUT2D eigenvalue weighted by Crippen LogP contribution is -2.21. The highest BCUT2D eigenvalue weighted by Crippen LogP contribution is 2.43. The first-order valence-corrected chi connectivity index (χ1v) is 7.20. The predicted molar refractivity (Wildman–Crippen MR) is 83.0 cm³/mol. The average molecular weight is 299 g/mol. The van der Waals surface area contributed by atoms with Gasteiger partial charge in [0.2, 0.25) is 0 Å². The van der Waals surface area contributed by atoms with Crippen molar-refractivity contribution in [2.75, 3.05) is 5.32 Å². The first-order valence-electron chi connectivity index (χ1n) is 6.82. The molecule has 0 amide bonds. The highest BCUT2D eigenvalue weighted by atomic mass is 35.5. The largest absolute Gasteiger partial charge is 0.343 e. The second kappa shape index (κ2) is 5.27. The van der Waals surface area contributed by atoms with Gasteiger partial charge in [0.25, 0.3) is 0 Å². The fourth-order valence-corrected chi connectivity index (χ4v) is 2.98. The normalized spacial score (nSPS) is 17.4. The molecule has 2 N–H and O–H groups in total. The number of fused-ring (bicyclic) bond motifs is 1. The quantitative estimate of drug-likeness (QED) is 0.879. The number of H-pyrrole nitrogens is 1. The number of hydrogen-bond acceptors (Lipinski definition) is 3. The Labute approximate surface area is 128 Å². The molecule has 1 unspecified atom stereocenters. The zero-order valence-electron chi connectivity index (χ0n) is 11.8. The van der Waals surface area contributed by atoms with Crippen LogP contribution in [0.15, 0.2) is 41.7 Å². The number of nitriles is 1. The minimum absolute atomic E-state index is 0.184. The van der Waals surface area contributed by atoms with Crippen LogP contribution in [0.3, 0.4) is 0 Å². The van der Waals surface area contributed by atoms with Crippen LogP contribution in [0.1, 0.15) is 30.9 Å². The van der Waals surface area contributed by atoms with Crippen molar-refractivity contribution >= 4 is 17.4 Å². The maximum atomic E-state index is 9.67. The second-order valence-electron chi connectivity index (χ2n) is 5.37. The summed E-state index contributed by atoms with van der Waals surface area (Å²) in [6.07, 6.45) is 1.75. The van der Waals surface area contributed by atoms with Gasteiger partial charge in [-0.15, -0.1) is 0 Å². The van der Waals surface area contributed by atoms with Crippen molar-refractivity contribution in [1.29, 1.82) is 5.26 Å². The van der Waals surface area contributed by atoms with Gasteiger partial charge in [-0.3, -0.25) is 5.10 Å². The van der Waals surface area contributed by atoms with E-state index in [0.717, 1.165) is 22.6 Å². The lowest BCUT2D eigenvalue weighted by molar-refractivity contribution is 0.740. The molecule has 5 heteroatoms. The molecule has 0 saturated carbocycles. The number of anilines is 1. The molecule has 1 aliphatic rings. The van der Waals surface area contributed by atoms with E-state index < -0.39 is 0 Å². The number of allylic oxidation sites excluding steroid dienone is 2. The molecule has 0 radical (unpaired) electrons. The van der Waals surface area contributed by atoms with Gasteiger partial charge in [-0.05, 0) is 17.5 Å². The van der Waals surface area contributed by atoms with Crippen LogP contribution in [0.25, 0.3) is 0 Å². The second-order valence-corrected chi connectivity index (χ2v) is 5.78. The third-order valence-corrected chi connectivity index (χ3v) is 4.08. The van der Waals surface area contributed by atoms with Gasteiger partial charge in [0.05, 0.1) is 23.8 Å². The molecule has 0 spiro atoms. The number of hydrogen-bond donors (Lipinski definition) is 2. The molecule has 3 rings (SSSR count). The lowest BCUT2D eigenvalue weighted by Gasteiger charge is -2.28. The van der Waals surface area contributed by atoms with Crippen molar-refractivity contribution in [3.63, 3.8) is 0 Å². The first kappa shape index (κ1) is 13.7. The molecular weight excluding hydrogens is 284 g/mol. The van der Waals surface area contributed by atoms with E-state index in [0.29, 0.717) is 10.6 Å². The van der Waals surface area contributed by atoms with Crippen molar-refractivity contribution in [2.24, 2.45) is 5.92 Å². The molecule has 2 heterocycles. The number of halogens is 1. The van der Waals surface area contributed by atoms with Gasteiger partial charge < -0.3 is 5.32 Å². The van der Waals surface area contributed by atoms with Crippen molar-refractivity contribution in [1.82, 2.24) is 10.2 Å². The summed E-state index contributed by atoms with van der Waals surface area (Å²) in [4.78, 5) is 0. The monoisotopic (exact) mass is 298 g/mol. The Kier molecular flexibility index (Phi) is 3.44. The van der Waals surface area contributed by atoms with E-state index in [1.807, 2.05) is 24.3 Å². The summed E-state index contributed by atoms with van der Waals surface area (Å²) in [5.41, 5.74) is 3.49. The summed E-state index contributed by atoms with van der Waals surface area (Å²) in [7, 11) is 0. The van der Waals surface area contributed by atoms with E-state index in [-0.39, 0.29) is 11.8 Å². The van der Waals surface area contributed by atoms with E-state index in [1.165, 1.54) is 0 Å². The van der Waals surface area contributed by atoms with Gasteiger partial charge in [-0.1, -0.05) is 43.6 Å². The molecule has 1 aromatic heterocycles. The van der Waals surface area contributed by atoms with Crippen LogP contribution >= 0.6 is 11.6 Å². The molecular formula is C16H15ClN4. The van der Waals surface area contributed by atoms with Gasteiger partial charge in [0, 0.05) is 16.3 Å². The fourth-order valence-electron chi connectivity index (χ4n) is 2.74. The standard InChI is InChI=1S/C16H15ClN4/c1-9(2)15-11(7-18)14(10-5-3-4-6-13(10)17)12-8-19-21-16(12)20-15/h3-6,8-9,14H,1-2H3,(H2,19,20,21). The van der Waals surface area contributed by atoms with E-state index >= 15 is 0 Å². The minimum atomic E-state index is -0.184. The van der Waals surface area contributed by atoms with Gasteiger partial charge in [0.15, 0.2) is 0 Å². The summed E-state index contributed by atoms with van der Waals surface area (Å²) in [5.74, 6) is 0.861. The topological polar surface area (TPSA) is 64.5 Å². The van der Waals surface area contributed by atoms with E-state index in [1.54, 1.807) is 6.20 Å². The molecule has 0 aliphatic carbocycles. The number of aromatic amines is 1. The van der Waals surface area contributed by atoms with Crippen LogP contribution in [-0.4, -0.2) is 10.2 Å². The predicted octanol–water partition coefficient (Wildman–Crippen LogP) is 4.05. The van der Waals surface area contributed by atoms with Crippen LogP contribution < -0.4 is 5.32 Å². The molecule has 1 aliphatic heterocycles. The van der Waals surface area contributed by atoms with E-state index in [4.69, 9.17) is 11.6 Å². The average Bonchev–Trinajstić information content (AvgIpc) is 2.94. The summed E-state index contributed by atoms with van der Waals surface area (Å²) >= 11 is 6.36. The Morgan fingerprint density at radius 1 is 1.29 bits per heavy atom. The van der Waals surface area contributed by atoms with Crippen LogP contribution in [0.5, 0.6) is 0 Å². The SMILES string of the molecule is CC(C)C1=C(C#N)C(c2ccccc2Cl)c2cn[nH]c2N1. The fraction of sp³-hybridized carbons (Fsp3) is 0.250. The Bertz CT molecular complexity index is 752. The third-order valence-electron chi connectivity index (χ3n) is 3.73. The first-order chi connectivity index (χ1) is 10.1. The van der Waals surface area contributed by atoms with Crippen molar-refractivity contribution in [3.8, 4) is 6.07 Å². The lowest BCUT2D eigenvalue weighted by atomic mass is 9.81. The number of nitrogens with one attached hydrogen (secondary N) is 2. The van der Waals surface area contributed by atoms with Gasteiger partial charge in [-0.2, -0.15) is 10.4 Å². The van der Waals surface area contributed by atoms with E-state index in [2.05, 4.69) is 35.4 Å². The van der Waals surface area contributed by atoms with Crippen molar-refractivity contribution in [3.05, 3.63) is 57.9 Å². The van der Waals surface area contributed by atoms with Crippen LogP contribution in [0.2, 0.25) is 5.02 Å². The van der Waals surface area contributed by atoms with Gasteiger partial charge in [0.1, 0.15) is 5.82 Å². The number of aromatic nitrogens is 2. The zero-order valence-corrected chi connectivity index (χ0v) is 12.6. The van der Waals surface area contributed by atoms with Gasteiger partial charge in [-0.25, -0.2) is 0 Å².